The van der Waals surface area contributed by atoms with Gasteiger partial charge in [0, 0.05) is 18.4 Å². The summed E-state index contributed by atoms with van der Waals surface area (Å²) in [5.74, 6) is 0.343. The van der Waals surface area contributed by atoms with Gasteiger partial charge in [-0.2, -0.15) is 5.10 Å². The summed E-state index contributed by atoms with van der Waals surface area (Å²) in [5.41, 5.74) is 2.83. The van der Waals surface area contributed by atoms with Gasteiger partial charge in [0.15, 0.2) is 5.78 Å². The molecular formula is C21H23N3O. The van der Waals surface area contributed by atoms with Crippen LogP contribution in [0.1, 0.15) is 36.8 Å². The Labute approximate surface area is 147 Å². The van der Waals surface area contributed by atoms with Gasteiger partial charge in [-0.15, -0.1) is 0 Å². The van der Waals surface area contributed by atoms with E-state index in [1.165, 1.54) is 5.56 Å². The van der Waals surface area contributed by atoms with Crippen molar-refractivity contribution in [2.75, 3.05) is 7.05 Å². The predicted octanol–water partition coefficient (Wildman–Crippen LogP) is 4.03. The standard InChI is InChI=1S/C21H23N3O/c1-24(15-16-10-11-17-14-22-23-19(17)13-16)21(12-6-5-9-20(21)25)18-7-3-2-4-8-18/h2-4,7-8,10-11,13-14H,5-6,9,12,15H2,1H3,(H,22,23). The fourth-order valence-electron chi connectivity index (χ4n) is 4.15. The summed E-state index contributed by atoms with van der Waals surface area (Å²) in [6.07, 6.45) is 5.47. The molecule has 1 atom stereocenters. The van der Waals surface area contributed by atoms with Crippen molar-refractivity contribution in [2.24, 2.45) is 0 Å². The highest BCUT2D eigenvalue weighted by Crippen LogP contribution is 2.40. The molecule has 128 valence electrons. The molecule has 1 aromatic heterocycles. The van der Waals surface area contributed by atoms with E-state index in [4.69, 9.17) is 0 Å². The van der Waals surface area contributed by atoms with Gasteiger partial charge in [0.1, 0.15) is 5.54 Å². The van der Waals surface area contributed by atoms with Crippen LogP contribution in [0.4, 0.5) is 0 Å². The number of hydrogen-bond acceptors (Lipinski definition) is 3. The van der Waals surface area contributed by atoms with Gasteiger partial charge in [0.2, 0.25) is 0 Å². The normalized spacial score (nSPS) is 21.1. The van der Waals surface area contributed by atoms with Gasteiger partial charge in [-0.3, -0.25) is 14.8 Å². The van der Waals surface area contributed by atoms with Crippen molar-refractivity contribution < 1.29 is 4.79 Å². The smallest absolute Gasteiger partial charge is 0.157 e. The molecule has 1 aliphatic rings. The summed E-state index contributed by atoms with van der Waals surface area (Å²) in [6, 6.07) is 16.6. The molecule has 4 nitrogen and oxygen atoms in total. The molecule has 1 saturated carbocycles. The first-order valence-electron chi connectivity index (χ1n) is 8.92. The number of H-pyrrole nitrogens is 1. The Balaban J connectivity index is 1.70. The Bertz CT molecular complexity index is 886. The number of Topliss-reactive ketones (excluding diaryl/α,β-unsaturated/α-hetero) is 1. The molecule has 25 heavy (non-hydrogen) atoms. The fraction of sp³-hybridized carbons (Fsp3) is 0.333. The van der Waals surface area contributed by atoms with Crippen molar-refractivity contribution in [3.05, 3.63) is 65.9 Å². The monoisotopic (exact) mass is 333 g/mol. The summed E-state index contributed by atoms with van der Waals surface area (Å²) < 4.78 is 0. The predicted molar refractivity (Wildman–Crippen MR) is 99.2 cm³/mol. The number of carbonyl (C=O) groups is 1. The van der Waals surface area contributed by atoms with E-state index < -0.39 is 5.54 Å². The molecule has 2 aromatic carbocycles. The summed E-state index contributed by atoms with van der Waals surface area (Å²) in [7, 11) is 2.08. The molecule has 0 aliphatic heterocycles. The molecule has 1 unspecified atom stereocenters. The fourth-order valence-corrected chi connectivity index (χ4v) is 4.15. The van der Waals surface area contributed by atoms with Gasteiger partial charge in [0.05, 0.1) is 11.7 Å². The van der Waals surface area contributed by atoms with Crippen LogP contribution in [-0.2, 0) is 16.9 Å². The zero-order chi connectivity index (χ0) is 17.3. The van der Waals surface area contributed by atoms with Crippen molar-refractivity contribution in [1.29, 1.82) is 0 Å². The van der Waals surface area contributed by atoms with E-state index in [0.717, 1.165) is 42.3 Å². The second kappa shape index (κ2) is 6.45. The number of aromatic nitrogens is 2. The summed E-state index contributed by atoms with van der Waals surface area (Å²) in [5, 5.41) is 8.23. The van der Waals surface area contributed by atoms with Crippen LogP contribution < -0.4 is 0 Å². The van der Waals surface area contributed by atoms with Crippen LogP contribution in [0.15, 0.2) is 54.7 Å². The van der Waals surface area contributed by atoms with Crippen LogP contribution in [0, 0.1) is 0 Å². The second-order valence-electron chi connectivity index (χ2n) is 7.00. The number of fused-ring (bicyclic) bond motifs is 1. The van der Waals surface area contributed by atoms with Crippen molar-refractivity contribution in [3.63, 3.8) is 0 Å². The maximum atomic E-state index is 13.1. The van der Waals surface area contributed by atoms with E-state index in [-0.39, 0.29) is 0 Å². The molecule has 0 saturated heterocycles. The molecule has 4 heteroatoms. The lowest BCUT2D eigenvalue weighted by Crippen LogP contribution is -2.51. The lowest BCUT2D eigenvalue weighted by molar-refractivity contribution is -0.134. The molecule has 1 aliphatic carbocycles. The van der Waals surface area contributed by atoms with E-state index >= 15 is 0 Å². The second-order valence-corrected chi connectivity index (χ2v) is 7.00. The van der Waals surface area contributed by atoms with Gasteiger partial charge >= 0.3 is 0 Å². The van der Waals surface area contributed by atoms with Gasteiger partial charge in [-0.05, 0) is 37.1 Å². The minimum absolute atomic E-state index is 0.343. The average Bonchev–Trinajstić information content (AvgIpc) is 3.11. The number of nitrogens with one attached hydrogen (secondary N) is 1. The highest BCUT2D eigenvalue weighted by molar-refractivity contribution is 5.90. The molecule has 0 radical (unpaired) electrons. The Kier molecular flexibility index (Phi) is 4.14. The molecule has 0 bridgehead atoms. The van der Waals surface area contributed by atoms with Gasteiger partial charge in [0.25, 0.3) is 0 Å². The largest absolute Gasteiger partial charge is 0.297 e. The average molecular weight is 333 g/mol. The zero-order valence-corrected chi connectivity index (χ0v) is 14.5. The summed E-state index contributed by atoms with van der Waals surface area (Å²) in [4.78, 5) is 15.3. The minimum Gasteiger partial charge on any atom is -0.297 e. The van der Waals surface area contributed by atoms with E-state index in [2.05, 4.69) is 52.5 Å². The molecular weight excluding hydrogens is 310 g/mol. The van der Waals surface area contributed by atoms with Crippen LogP contribution >= 0.6 is 0 Å². The van der Waals surface area contributed by atoms with Crippen LogP contribution in [0.3, 0.4) is 0 Å². The lowest BCUT2D eigenvalue weighted by Gasteiger charge is -2.43. The first kappa shape index (κ1) is 16.0. The maximum Gasteiger partial charge on any atom is 0.157 e. The van der Waals surface area contributed by atoms with Crippen molar-refractivity contribution >= 4 is 16.7 Å². The number of hydrogen-bond donors (Lipinski definition) is 1. The third-order valence-electron chi connectivity index (χ3n) is 5.48. The quantitative estimate of drug-likeness (QED) is 0.784. The molecule has 0 spiro atoms. The Morgan fingerprint density at radius 2 is 2.00 bits per heavy atom. The van der Waals surface area contributed by atoms with E-state index in [9.17, 15) is 4.79 Å². The topological polar surface area (TPSA) is 49.0 Å². The minimum atomic E-state index is -0.511. The first-order chi connectivity index (χ1) is 12.2. The van der Waals surface area contributed by atoms with Crippen LogP contribution in [0.25, 0.3) is 10.9 Å². The molecule has 1 heterocycles. The van der Waals surface area contributed by atoms with Crippen molar-refractivity contribution in [2.45, 2.75) is 37.8 Å². The molecule has 0 amide bonds. The molecule has 1 fully saturated rings. The summed E-state index contributed by atoms with van der Waals surface area (Å²) >= 11 is 0. The van der Waals surface area contributed by atoms with Crippen molar-refractivity contribution in [1.82, 2.24) is 15.1 Å². The maximum absolute atomic E-state index is 13.1. The number of carbonyl (C=O) groups excluding carboxylic acids is 1. The van der Waals surface area contributed by atoms with E-state index in [0.29, 0.717) is 12.2 Å². The zero-order valence-electron chi connectivity index (χ0n) is 14.5. The Morgan fingerprint density at radius 1 is 1.16 bits per heavy atom. The SMILES string of the molecule is CN(Cc1ccc2cn[nH]c2c1)C1(c2ccccc2)CCCCC1=O. The number of nitrogens with zero attached hydrogens (tertiary/aromatic N) is 2. The van der Waals surface area contributed by atoms with E-state index in [1.54, 1.807) is 0 Å². The van der Waals surface area contributed by atoms with Crippen molar-refractivity contribution in [3.8, 4) is 0 Å². The third-order valence-corrected chi connectivity index (χ3v) is 5.48. The van der Waals surface area contributed by atoms with Gasteiger partial charge < -0.3 is 0 Å². The molecule has 3 aromatic rings. The van der Waals surface area contributed by atoms with E-state index in [1.807, 2.05) is 24.4 Å². The Hall–Kier alpha value is -2.46. The number of aromatic amines is 1. The number of likely N-dealkylation sites (N-methyl/N-ethyl adjacent to an activating group) is 1. The lowest BCUT2D eigenvalue weighted by atomic mass is 9.74. The molecule has 1 N–H and O–H groups in total. The first-order valence-corrected chi connectivity index (χ1v) is 8.92. The number of benzene rings is 2. The number of ketones is 1. The van der Waals surface area contributed by atoms with Gasteiger partial charge in [-0.25, -0.2) is 0 Å². The molecule has 4 rings (SSSR count). The summed E-state index contributed by atoms with van der Waals surface area (Å²) in [6.45, 7) is 0.732. The van der Waals surface area contributed by atoms with Crippen LogP contribution in [0.5, 0.6) is 0 Å². The highest BCUT2D eigenvalue weighted by atomic mass is 16.1. The van der Waals surface area contributed by atoms with Crippen LogP contribution in [-0.4, -0.2) is 27.9 Å². The highest BCUT2D eigenvalue weighted by Gasteiger charge is 2.44. The Morgan fingerprint density at radius 3 is 2.80 bits per heavy atom. The van der Waals surface area contributed by atoms with Gasteiger partial charge in [-0.1, -0.05) is 48.9 Å². The number of rotatable bonds is 4. The van der Waals surface area contributed by atoms with Crippen LogP contribution in [0.2, 0.25) is 0 Å². The third kappa shape index (κ3) is 2.76.